The Morgan fingerprint density at radius 3 is 2.56 bits per heavy atom. The van der Waals surface area contributed by atoms with E-state index >= 15 is 0 Å². The molecule has 0 unspecified atom stereocenters. The van der Waals surface area contributed by atoms with Gasteiger partial charge in [0.05, 0.1) is 10.9 Å². The SMILES string of the molecule is NS(=O)(=O)c1ccc(OCC(=O)N[C@@H](Cc2cccs2)c2nccs2)cc1. The molecular formula is C17H17N3O4S3. The summed E-state index contributed by atoms with van der Waals surface area (Å²) in [6.07, 6.45) is 2.36. The van der Waals surface area contributed by atoms with Crippen molar-refractivity contribution in [3.63, 3.8) is 0 Å². The molecule has 0 radical (unpaired) electrons. The van der Waals surface area contributed by atoms with Crippen LogP contribution in [0.1, 0.15) is 15.9 Å². The van der Waals surface area contributed by atoms with Gasteiger partial charge in [0.2, 0.25) is 10.0 Å². The smallest absolute Gasteiger partial charge is 0.258 e. The highest BCUT2D eigenvalue weighted by Crippen LogP contribution is 2.23. The summed E-state index contributed by atoms with van der Waals surface area (Å²) in [5, 5.41) is 12.7. The van der Waals surface area contributed by atoms with Crippen molar-refractivity contribution in [2.75, 3.05) is 6.61 Å². The minimum absolute atomic E-state index is 0.0147. The number of thiophene rings is 1. The molecule has 3 N–H and O–H groups in total. The van der Waals surface area contributed by atoms with Crippen LogP contribution in [0.15, 0.2) is 58.3 Å². The van der Waals surface area contributed by atoms with Crippen molar-refractivity contribution in [2.24, 2.45) is 5.14 Å². The van der Waals surface area contributed by atoms with E-state index in [0.29, 0.717) is 12.2 Å². The molecule has 27 heavy (non-hydrogen) atoms. The number of nitrogens with zero attached hydrogens (tertiary/aromatic N) is 1. The Bertz CT molecular complexity index is 969. The highest BCUT2D eigenvalue weighted by atomic mass is 32.2. The van der Waals surface area contributed by atoms with E-state index in [4.69, 9.17) is 9.88 Å². The quantitative estimate of drug-likeness (QED) is 0.578. The maximum atomic E-state index is 12.3. The van der Waals surface area contributed by atoms with Crippen molar-refractivity contribution >= 4 is 38.6 Å². The zero-order valence-corrected chi connectivity index (χ0v) is 16.5. The number of aromatic nitrogens is 1. The Hall–Kier alpha value is -2.27. The summed E-state index contributed by atoms with van der Waals surface area (Å²) in [6, 6.07) is 9.32. The van der Waals surface area contributed by atoms with Crippen LogP contribution in [0.5, 0.6) is 5.75 Å². The molecule has 3 rings (SSSR count). The molecule has 0 aliphatic rings. The Kier molecular flexibility index (Phi) is 6.22. The zero-order valence-electron chi connectivity index (χ0n) is 14.1. The molecule has 0 aliphatic carbocycles. The van der Waals surface area contributed by atoms with Gasteiger partial charge >= 0.3 is 0 Å². The molecule has 1 aromatic carbocycles. The predicted molar refractivity (Wildman–Crippen MR) is 104 cm³/mol. The Balaban J connectivity index is 1.59. The molecule has 10 heteroatoms. The van der Waals surface area contributed by atoms with Gasteiger partial charge < -0.3 is 10.1 Å². The fraction of sp³-hybridized carbons (Fsp3) is 0.176. The van der Waals surface area contributed by atoms with Crippen LogP contribution in [0.25, 0.3) is 0 Å². The van der Waals surface area contributed by atoms with E-state index in [1.165, 1.54) is 35.6 Å². The first-order valence-corrected chi connectivity index (χ1v) is 11.2. The van der Waals surface area contributed by atoms with Crippen LogP contribution in [0.2, 0.25) is 0 Å². The number of benzene rings is 1. The number of nitrogens with two attached hydrogens (primary N) is 1. The second kappa shape index (κ2) is 8.61. The van der Waals surface area contributed by atoms with Crippen LogP contribution in [0, 0.1) is 0 Å². The fourth-order valence-corrected chi connectivity index (χ4v) is 4.30. The number of hydrogen-bond acceptors (Lipinski definition) is 7. The first kappa shape index (κ1) is 19.5. The monoisotopic (exact) mass is 423 g/mol. The lowest BCUT2D eigenvalue weighted by Gasteiger charge is -2.16. The summed E-state index contributed by atoms with van der Waals surface area (Å²) in [4.78, 5) is 17.7. The summed E-state index contributed by atoms with van der Waals surface area (Å²) < 4.78 is 27.9. The van der Waals surface area contributed by atoms with E-state index in [2.05, 4.69) is 10.3 Å². The predicted octanol–water partition coefficient (Wildman–Crippen LogP) is 2.33. The normalized spacial score (nSPS) is 12.5. The zero-order chi connectivity index (χ0) is 19.3. The average Bonchev–Trinajstić information content (AvgIpc) is 3.33. The maximum absolute atomic E-state index is 12.3. The number of amides is 1. The maximum Gasteiger partial charge on any atom is 0.258 e. The summed E-state index contributed by atoms with van der Waals surface area (Å²) in [5.74, 6) is 0.0869. The number of sulfonamides is 1. The van der Waals surface area contributed by atoms with Crippen LogP contribution >= 0.6 is 22.7 Å². The third-order valence-corrected chi connectivity index (χ3v) is 6.31. The van der Waals surface area contributed by atoms with Crippen LogP contribution in [-0.2, 0) is 21.2 Å². The number of rotatable bonds is 8. The van der Waals surface area contributed by atoms with Gasteiger partial charge in [0.25, 0.3) is 5.91 Å². The molecule has 0 bridgehead atoms. The highest BCUT2D eigenvalue weighted by molar-refractivity contribution is 7.89. The fourth-order valence-electron chi connectivity index (χ4n) is 2.35. The minimum Gasteiger partial charge on any atom is -0.484 e. The number of thiazole rings is 1. The number of carbonyl (C=O) groups excluding carboxylic acids is 1. The van der Waals surface area contributed by atoms with E-state index < -0.39 is 10.0 Å². The number of nitrogens with one attached hydrogen (secondary N) is 1. The molecule has 3 aromatic rings. The summed E-state index contributed by atoms with van der Waals surface area (Å²) in [7, 11) is -3.76. The van der Waals surface area contributed by atoms with Crippen LogP contribution in [-0.4, -0.2) is 25.9 Å². The highest BCUT2D eigenvalue weighted by Gasteiger charge is 2.18. The number of hydrogen-bond donors (Lipinski definition) is 2. The van der Waals surface area contributed by atoms with Gasteiger partial charge in [-0.15, -0.1) is 22.7 Å². The lowest BCUT2D eigenvalue weighted by molar-refractivity contribution is -0.123. The van der Waals surface area contributed by atoms with E-state index in [9.17, 15) is 13.2 Å². The van der Waals surface area contributed by atoms with E-state index in [1.807, 2.05) is 22.9 Å². The molecule has 0 spiro atoms. The third kappa shape index (κ3) is 5.60. The summed E-state index contributed by atoms with van der Waals surface area (Å²) in [5.41, 5.74) is 0. The molecular weight excluding hydrogens is 406 g/mol. The number of ether oxygens (including phenoxy) is 1. The van der Waals surface area contributed by atoms with Gasteiger partial charge in [-0.25, -0.2) is 18.5 Å². The second-order valence-corrected chi connectivity index (χ2v) is 9.10. The van der Waals surface area contributed by atoms with Crippen molar-refractivity contribution in [1.29, 1.82) is 0 Å². The first-order valence-electron chi connectivity index (χ1n) is 7.88. The molecule has 0 saturated carbocycles. The van der Waals surface area contributed by atoms with Gasteiger partial charge in [0.15, 0.2) is 6.61 Å². The molecule has 2 aromatic heterocycles. The Morgan fingerprint density at radius 1 is 1.19 bits per heavy atom. The standard InChI is InChI=1S/C17H17N3O4S3/c18-27(22,23)14-5-3-12(4-6-14)24-11-16(21)20-15(17-19-7-9-26-17)10-13-2-1-8-25-13/h1-9,15H,10-11H2,(H,20,21)(H2,18,22,23)/t15-/m0/s1. The van der Waals surface area contributed by atoms with Crippen molar-refractivity contribution in [3.05, 3.63) is 63.2 Å². The molecule has 0 saturated heterocycles. The molecule has 1 atom stereocenters. The Labute approximate surface area is 164 Å². The molecule has 142 valence electrons. The van der Waals surface area contributed by atoms with Crippen LogP contribution in [0.4, 0.5) is 0 Å². The second-order valence-electron chi connectivity index (χ2n) is 5.58. The summed E-state index contributed by atoms with van der Waals surface area (Å²) in [6.45, 7) is -0.193. The summed E-state index contributed by atoms with van der Waals surface area (Å²) >= 11 is 3.11. The van der Waals surface area contributed by atoms with E-state index in [1.54, 1.807) is 17.5 Å². The topological polar surface area (TPSA) is 111 Å². The number of carbonyl (C=O) groups is 1. The van der Waals surface area contributed by atoms with Crippen molar-refractivity contribution in [1.82, 2.24) is 10.3 Å². The average molecular weight is 424 g/mol. The van der Waals surface area contributed by atoms with Crippen LogP contribution < -0.4 is 15.2 Å². The lowest BCUT2D eigenvalue weighted by Crippen LogP contribution is -2.33. The first-order chi connectivity index (χ1) is 12.9. The molecule has 0 fully saturated rings. The molecule has 1 amide bonds. The van der Waals surface area contributed by atoms with Gasteiger partial charge in [0, 0.05) is 22.9 Å². The van der Waals surface area contributed by atoms with Crippen LogP contribution in [0.3, 0.4) is 0 Å². The minimum atomic E-state index is -3.76. The van der Waals surface area contributed by atoms with Crippen molar-refractivity contribution < 1.29 is 17.9 Å². The van der Waals surface area contributed by atoms with Gasteiger partial charge in [-0.3, -0.25) is 4.79 Å². The lowest BCUT2D eigenvalue weighted by atomic mass is 10.2. The number of primary sulfonamides is 1. The molecule has 0 aliphatic heterocycles. The van der Waals surface area contributed by atoms with E-state index in [-0.39, 0.29) is 23.5 Å². The van der Waals surface area contributed by atoms with Gasteiger partial charge in [-0.05, 0) is 35.7 Å². The third-order valence-electron chi connectivity index (χ3n) is 3.59. The molecule has 2 heterocycles. The van der Waals surface area contributed by atoms with E-state index in [0.717, 1.165) is 9.88 Å². The van der Waals surface area contributed by atoms with Crippen molar-refractivity contribution in [3.8, 4) is 5.75 Å². The van der Waals surface area contributed by atoms with Gasteiger partial charge in [-0.2, -0.15) is 0 Å². The molecule has 7 nitrogen and oxygen atoms in total. The Morgan fingerprint density at radius 2 is 1.96 bits per heavy atom. The largest absolute Gasteiger partial charge is 0.484 e. The van der Waals surface area contributed by atoms with Gasteiger partial charge in [-0.1, -0.05) is 6.07 Å². The van der Waals surface area contributed by atoms with Crippen molar-refractivity contribution in [2.45, 2.75) is 17.4 Å². The van der Waals surface area contributed by atoms with Gasteiger partial charge in [0.1, 0.15) is 10.8 Å².